The van der Waals surface area contributed by atoms with Crippen molar-refractivity contribution in [1.29, 1.82) is 0 Å². The summed E-state index contributed by atoms with van der Waals surface area (Å²) in [6.07, 6.45) is 0. The summed E-state index contributed by atoms with van der Waals surface area (Å²) in [5.41, 5.74) is 0.372. The summed E-state index contributed by atoms with van der Waals surface area (Å²) in [6.45, 7) is 4.08. The van der Waals surface area contributed by atoms with Crippen LogP contribution in [0, 0.1) is 9.39 Å². The minimum absolute atomic E-state index is 0. The van der Waals surface area contributed by atoms with Crippen molar-refractivity contribution >= 4 is 52.5 Å². The van der Waals surface area contributed by atoms with Crippen LogP contribution in [0.2, 0.25) is 5.02 Å². The van der Waals surface area contributed by atoms with Crippen LogP contribution in [0.4, 0.5) is 4.39 Å². The van der Waals surface area contributed by atoms with Crippen LogP contribution >= 0.6 is 46.6 Å². The van der Waals surface area contributed by atoms with Gasteiger partial charge in [-0.15, -0.1) is 12.4 Å². The molecule has 1 fully saturated rings. The van der Waals surface area contributed by atoms with Crippen LogP contribution in [0.1, 0.15) is 17.3 Å². The Balaban J connectivity index is 0.00000180. The van der Waals surface area contributed by atoms with Gasteiger partial charge in [-0.25, -0.2) is 4.39 Å². The summed E-state index contributed by atoms with van der Waals surface area (Å²) in [7, 11) is 0. The molecule has 1 aliphatic heterocycles. The molecule has 3 nitrogen and oxygen atoms in total. The molecule has 1 amide bonds. The molecule has 0 aliphatic carbocycles. The zero-order valence-electron chi connectivity index (χ0n) is 10.3. The molecule has 2 rings (SSSR count). The van der Waals surface area contributed by atoms with Gasteiger partial charge in [-0.3, -0.25) is 4.79 Å². The van der Waals surface area contributed by atoms with Crippen molar-refractivity contribution in [2.75, 3.05) is 19.6 Å². The molecule has 1 atom stereocenters. The van der Waals surface area contributed by atoms with Crippen molar-refractivity contribution in [2.24, 2.45) is 0 Å². The van der Waals surface area contributed by atoms with E-state index in [0.29, 0.717) is 22.2 Å². The number of halogens is 4. The fourth-order valence-corrected chi connectivity index (χ4v) is 2.67. The number of nitrogens with one attached hydrogen (secondary N) is 1. The lowest BCUT2D eigenvalue weighted by molar-refractivity contribution is 0.0709. The highest BCUT2D eigenvalue weighted by Gasteiger charge is 2.24. The Morgan fingerprint density at radius 3 is 2.89 bits per heavy atom. The first-order valence-electron chi connectivity index (χ1n) is 5.66. The molecule has 1 N–H and O–H groups in total. The first-order valence-corrected chi connectivity index (χ1v) is 7.12. The highest BCUT2D eigenvalue weighted by molar-refractivity contribution is 14.1. The number of carbonyl (C=O) groups is 1. The van der Waals surface area contributed by atoms with E-state index in [2.05, 4.69) is 5.32 Å². The van der Waals surface area contributed by atoms with Crippen molar-refractivity contribution in [3.05, 3.63) is 32.1 Å². The average molecular weight is 419 g/mol. The van der Waals surface area contributed by atoms with Gasteiger partial charge in [0.05, 0.1) is 10.6 Å². The highest BCUT2D eigenvalue weighted by atomic mass is 127. The van der Waals surface area contributed by atoms with E-state index in [0.717, 1.165) is 6.54 Å². The molecule has 1 aliphatic rings. The van der Waals surface area contributed by atoms with Crippen LogP contribution in [-0.4, -0.2) is 36.5 Å². The molecule has 106 valence electrons. The number of nitrogens with zero attached hydrogens (tertiary/aromatic N) is 1. The van der Waals surface area contributed by atoms with Crippen LogP contribution in [0.3, 0.4) is 0 Å². The third-order valence-electron chi connectivity index (χ3n) is 2.90. The number of hydrogen-bond donors (Lipinski definition) is 1. The Hall–Kier alpha value is -0.110. The van der Waals surface area contributed by atoms with E-state index in [1.165, 1.54) is 12.1 Å². The Morgan fingerprint density at radius 1 is 1.58 bits per heavy atom. The van der Waals surface area contributed by atoms with Gasteiger partial charge in [-0.1, -0.05) is 11.6 Å². The van der Waals surface area contributed by atoms with E-state index in [-0.39, 0.29) is 29.4 Å². The Labute approximate surface area is 136 Å². The van der Waals surface area contributed by atoms with E-state index < -0.39 is 5.82 Å². The van der Waals surface area contributed by atoms with Gasteiger partial charge in [-0.2, -0.15) is 0 Å². The smallest absolute Gasteiger partial charge is 0.255 e. The number of hydrogen-bond acceptors (Lipinski definition) is 2. The number of piperazine rings is 1. The third kappa shape index (κ3) is 3.93. The predicted octanol–water partition coefficient (Wildman–Crippen LogP) is 2.94. The van der Waals surface area contributed by atoms with Crippen LogP contribution in [0.25, 0.3) is 0 Å². The molecular weight excluding hydrogens is 405 g/mol. The molecule has 0 radical (unpaired) electrons. The van der Waals surface area contributed by atoms with Crippen LogP contribution in [0.5, 0.6) is 0 Å². The second-order valence-electron chi connectivity index (χ2n) is 4.35. The molecule has 0 bridgehead atoms. The van der Waals surface area contributed by atoms with Gasteiger partial charge in [-0.05, 0) is 41.6 Å². The largest absolute Gasteiger partial charge is 0.336 e. The molecule has 1 aromatic carbocycles. The van der Waals surface area contributed by atoms with Gasteiger partial charge in [0.2, 0.25) is 0 Å². The van der Waals surface area contributed by atoms with Crippen LogP contribution in [0.15, 0.2) is 12.1 Å². The summed E-state index contributed by atoms with van der Waals surface area (Å²) in [6, 6.07) is 2.97. The van der Waals surface area contributed by atoms with E-state index in [1.807, 2.05) is 29.5 Å². The molecule has 19 heavy (non-hydrogen) atoms. The van der Waals surface area contributed by atoms with Gasteiger partial charge in [0.25, 0.3) is 5.91 Å². The summed E-state index contributed by atoms with van der Waals surface area (Å²) >= 11 is 7.80. The van der Waals surface area contributed by atoms with Crippen molar-refractivity contribution in [3.8, 4) is 0 Å². The standard InChI is InChI=1S/C12H13ClFIN2O.ClH/c1-7-6-17(3-2-16-7)12(18)8-4-11(15)10(14)5-9(8)13;/h4-5,7,16H,2-3,6H2,1H3;1H. The lowest BCUT2D eigenvalue weighted by Crippen LogP contribution is -2.51. The first kappa shape index (κ1) is 16.9. The maximum Gasteiger partial charge on any atom is 0.255 e. The lowest BCUT2D eigenvalue weighted by Gasteiger charge is -2.32. The number of amides is 1. The predicted molar refractivity (Wildman–Crippen MR) is 84.7 cm³/mol. The minimum Gasteiger partial charge on any atom is -0.336 e. The zero-order valence-corrected chi connectivity index (χ0v) is 14.0. The van der Waals surface area contributed by atoms with Gasteiger partial charge < -0.3 is 10.2 Å². The summed E-state index contributed by atoms with van der Waals surface area (Å²) in [5.74, 6) is -0.530. The maximum atomic E-state index is 13.3. The van der Waals surface area contributed by atoms with Crippen LogP contribution < -0.4 is 5.32 Å². The monoisotopic (exact) mass is 418 g/mol. The normalized spacial score (nSPS) is 18.9. The van der Waals surface area contributed by atoms with Gasteiger partial charge in [0.1, 0.15) is 5.82 Å². The zero-order chi connectivity index (χ0) is 13.3. The van der Waals surface area contributed by atoms with Crippen molar-refractivity contribution in [1.82, 2.24) is 10.2 Å². The average Bonchev–Trinajstić information content (AvgIpc) is 2.33. The van der Waals surface area contributed by atoms with E-state index in [1.54, 1.807) is 4.90 Å². The first-order chi connectivity index (χ1) is 8.49. The Bertz CT molecular complexity index is 487. The molecular formula is C12H14Cl2FIN2O. The highest BCUT2D eigenvalue weighted by Crippen LogP contribution is 2.23. The minimum atomic E-state index is -0.397. The van der Waals surface area contributed by atoms with Crippen molar-refractivity contribution in [3.63, 3.8) is 0 Å². The molecule has 1 saturated heterocycles. The topological polar surface area (TPSA) is 32.3 Å². The van der Waals surface area contributed by atoms with Gasteiger partial charge in [0, 0.05) is 29.2 Å². The molecule has 0 aromatic heterocycles. The van der Waals surface area contributed by atoms with Crippen molar-refractivity contribution in [2.45, 2.75) is 13.0 Å². The quantitative estimate of drug-likeness (QED) is 0.561. The number of benzene rings is 1. The van der Waals surface area contributed by atoms with E-state index in [9.17, 15) is 9.18 Å². The molecule has 1 unspecified atom stereocenters. The second-order valence-corrected chi connectivity index (χ2v) is 5.92. The van der Waals surface area contributed by atoms with Gasteiger partial charge >= 0.3 is 0 Å². The fraction of sp³-hybridized carbons (Fsp3) is 0.417. The Morgan fingerprint density at radius 2 is 2.26 bits per heavy atom. The molecule has 1 heterocycles. The maximum absolute atomic E-state index is 13.3. The SMILES string of the molecule is CC1CN(C(=O)c2cc(I)c(F)cc2Cl)CCN1.Cl. The lowest BCUT2D eigenvalue weighted by atomic mass is 10.1. The molecule has 7 heteroatoms. The summed E-state index contributed by atoms with van der Waals surface area (Å²) < 4.78 is 13.7. The van der Waals surface area contributed by atoms with Crippen LogP contribution in [-0.2, 0) is 0 Å². The molecule has 1 aromatic rings. The molecule has 0 saturated carbocycles. The van der Waals surface area contributed by atoms with Gasteiger partial charge in [0.15, 0.2) is 0 Å². The Kier molecular flexibility index (Phi) is 6.29. The van der Waals surface area contributed by atoms with E-state index >= 15 is 0 Å². The van der Waals surface area contributed by atoms with E-state index in [4.69, 9.17) is 11.6 Å². The molecule has 0 spiro atoms. The number of carbonyl (C=O) groups excluding carboxylic acids is 1. The third-order valence-corrected chi connectivity index (χ3v) is 4.04. The summed E-state index contributed by atoms with van der Waals surface area (Å²) in [5, 5.41) is 3.44. The van der Waals surface area contributed by atoms with Crippen molar-refractivity contribution < 1.29 is 9.18 Å². The number of rotatable bonds is 1. The second kappa shape index (κ2) is 7.06. The summed E-state index contributed by atoms with van der Waals surface area (Å²) in [4.78, 5) is 14.1. The fourth-order valence-electron chi connectivity index (χ4n) is 1.97.